The zero-order chi connectivity index (χ0) is 15.9. The van der Waals surface area contributed by atoms with Crippen molar-refractivity contribution in [3.8, 4) is 0 Å². The Morgan fingerprint density at radius 3 is 2.36 bits per heavy atom. The fourth-order valence-corrected chi connectivity index (χ4v) is 2.44. The molecular weight excluding hydrogens is 294 g/mol. The number of carbonyl (C=O) groups excluding carboxylic acids is 2. The molecule has 4 N–H and O–H groups in total. The van der Waals surface area contributed by atoms with Crippen molar-refractivity contribution in [2.75, 3.05) is 6.61 Å². The van der Waals surface area contributed by atoms with Gasteiger partial charge in [0.1, 0.15) is 31.0 Å². The van der Waals surface area contributed by atoms with E-state index in [1.807, 2.05) is 0 Å². The first-order valence-electron chi connectivity index (χ1n) is 7.64. The van der Waals surface area contributed by atoms with Crippen molar-refractivity contribution < 1.29 is 34.4 Å². The second kappa shape index (κ2) is 6.11. The lowest BCUT2D eigenvalue weighted by molar-refractivity contribution is -0.154. The third-order valence-corrected chi connectivity index (χ3v) is 4.22. The number of amides is 1. The predicted molar refractivity (Wildman–Crippen MR) is 71.2 cm³/mol. The van der Waals surface area contributed by atoms with Crippen LogP contribution < -0.4 is 5.32 Å². The van der Waals surface area contributed by atoms with Crippen LogP contribution in [0, 0.1) is 11.8 Å². The molecule has 8 nitrogen and oxygen atoms in total. The van der Waals surface area contributed by atoms with Gasteiger partial charge in [0.15, 0.2) is 6.23 Å². The van der Waals surface area contributed by atoms with Crippen LogP contribution in [0.4, 0.5) is 0 Å². The monoisotopic (exact) mass is 315 g/mol. The molecule has 3 fully saturated rings. The third kappa shape index (κ3) is 3.40. The quantitative estimate of drug-likeness (QED) is 0.429. The summed E-state index contributed by atoms with van der Waals surface area (Å²) in [6.45, 7) is -0.312. The molecular formula is C14H21NO7. The van der Waals surface area contributed by atoms with Gasteiger partial charge < -0.3 is 30.1 Å². The minimum Gasteiger partial charge on any atom is -0.463 e. The molecule has 2 aliphatic carbocycles. The minimum atomic E-state index is -1.36. The van der Waals surface area contributed by atoms with Crippen LogP contribution in [0.2, 0.25) is 0 Å². The van der Waals surface area contributed by atoms with Gasteiger partial charge in [-0.05, 0) is 25.7 Å². The largest absolute Gasteiger partial charge is 0.463 e. The molecule has 1 unspecified atom stereocenters. The molecule has 22 heavy (non-hydrogen) atoms. The molecule has 3 aliphatic rings. The van der Waals surface area contributed by atoms with Gasteiger partial charge in [-0.1, -0.05) is 0 Å². The van der Waals surface area contributed by atoms with E-state index in [0.29, 0.717) is 0 Å². The summed E-state index contributed by atoms with van der Waals surface area (Å²) in [7, 11) is 0. The summed E-state index contributed by atoms with van der Waals surface area (Å²) in [5, 5.41) is 32.3. The van der Waals surface area contributed by atoms with Crippen molar-refractivity contribution in [3.05, 3.63) is 0 Å². The van der Waals surface area contributed by atoms with Crippen LogP contribution in [0.1, 0.15) is 25.7 Å². The molecule has 0 bridgehead atoms. The zero-order valence-corrected chi connectivity index (χ0v) is 12.1. The van der Waals surface area contributed by atoms with Gasteiger partial charge in [-0.3, -0.25) is 9.59 Å². The summed E-state index contributed by atoms with van der Waals surface area (Å²) >= 11 is 0. The van der Waals surface area contributed by atoms with Gasteiger partial charge in [0.25, 0.3) is 0 Å². The van der Waals surface area contributed by atoms with Crippen molar-refractivity contribution in [1.82, 2.24) is 5.32 Å². The van der Waals surface area contributed by atoms with Crippen LogP contribution in [-0.4, -0.2) is 64.4 Å². The second-order valence-electron chi connectivity index (χ2n) is 6.26. The lowest BCUT2D eigenvalue weighted by Crippen LogP contribution is -2.44. The van der Waals surface area contributed by atoms with E-state index >= 15 is 0 Å². The highest BCUT2D eigenvalue weighted by molar-refractivity contribution is 5.81. The molecule has 1 aliphatic heterocycles. The van der Waals surface area contributed by atoms with E-state index in [2.05, 4.69) is 5.32 Å². The topological polar surface area (TPSA) is 125 Å². The molecule has 124 valence electrons. The summed E-state index contributed by atoms with van der Waals surface area (Å²) in [5.41, 5.74) is 0. The molecule has 8 heteroatoms. The fourth-order valence-electron chi connectivity index (χ4n) is 2.44. The molecule has 1 saturated heterocycles. The number of carbonyl (C=O) groups is 2. The van der Waals surface area contributed by atoms with Crippen LogP contribution in [0.3, 0.4) is 0 Å². The van der Waals surface area contributed by atoms with Gasteiger partial charge in [0.2, 0.25) is 5.91 Å². The average molecular weight is 315 g/mol. The lowest BCUT2D eigenvalue weighted by Gasteiger charge is -2.20. The first-order valence-corrected chi connectivity index (χ1v) is 7.64. The summed E-state index contributed by atoms with van der Waals surface area (Å²) in [6, 6.07) is 0. The van der Waals surface area contributed by atoms with E-state index in [0.717, 1.165) is 25.7 Å². The van der Waals surface area contributed by atoms with Gasteiger partial charge in [0, 0.05) is 5.92 Å². The molecule has 0 aromatic rings. The number of aliphatic hydroxyl groups is 3. The van der Waals surface area contributed by atoms with Gasteiger partial charge in [0.05, 0.1) is 5.92 Å². The molecule has 1 heterocycles. The Hall–Kier alpha value is -1.22. The molecule has 0 aromatic carbocycles. The van der Waals surface area contributed by atoms with Gasteiger partial charge in [-0.2, -0.15) is 0 Å². The van der Waals surface area contributed by atoms with Crippen LogP contribution >= 0.6 is 0 Å². The lowest BCUT2D eigenvalue weighted by atomic mass is 10.1. The maximum atomic E-state index is 11.7. The minimum absolute atomic E-state index is 0.0589. The normalized spacial score (nSPS) is 36.0. The molecule has 3 rings (SSSR count). The number of nitrogens with one attached hydrogen (secondary N) is 1. The Bertz CT molecular complexity index is 448. The van der Waals surface area contributed by atoms with Crippen molar-refractivity contribution in [2.45, 2.75) is 56.3 Å². The summed E-state index contributed by atoms with van der Waals surface area (Å²) in [6.07, 6.45) is -2.94. The Balaban J connectivity index is 1.49. The third-order valence-electron chi connectivity index (χ3n) is 4.22. The Kier molecular flexibility index (Phi) is 4.35. The van der Waals surface area contributed by atoms with E-state index in [1.165, 1.54) is 0 Å². The van der Waals surface area contributed by atoms with Crippen molar-refractivity contribution >= 4 is 11.9 Å². The van der Waals surface area contributed by atoms with Crippen LogP contribution in [-0.2, 0) is 19.1 Å². The van der Waals surface area contributed by atoms with E-state index in [-0.39, 0.29) is 30.3 Å². The smallest absolute Gasteiger partial charge is 0.309 e. The number of rotatable bonds is 6. The predicted octanol–water partition coefficient (Wildman–Crippen LogP) is -1.73. The van der Waals surface area contributed by atoms with Crippen molar-refractivity contribution in [3.63, 3.8) is 0 Å². The Morgan fingerprint density at radius 2 is 1.77 bits per heavy atom. The maximum Gasteiger partial charge on any atom is 0.309 e. The standard InChI is InChI=1S/C14H21NO7/c16-8(5-21-14(20)7-3-4-7)11-9(17)10(18)13(22-11)15-12(19)6-1-2-6/h6-11,13,16-18H,1-5H2,(H,15,19)/t8-,9?,10-,11-,13+/m0/s1. The zero-order valence-electron chi connectivity index (χ0n) is 12.1. The van der Waals surface area contributed by atoms with Gasteiger partial charge >= 0.3 is 5.97 Å². The number of hydrogen-bond acceptors (Lipinski definition) is 7. The van der Waals surface area contributed by atoms with E-state index < -0.39 is 30.6 Å². The van der Waals surface area contributed by atoms with Crippen LogP contribution in [0.25, 0.3) is 0 Å². The first kappa shape index (κ1) is 15.7. The highest BCUT2D eigenvalue weighted by Crippen LogP contribution is 2.31. The van der Waals surface area contributed by atoms with Gasteiger partial charge in [-0.25, -0.2) is 0 Å². The summed E-state index contributed by atoms with van der Waals surface area (Å²) < 4.78 is 10.3. The number of hydrogen-bond donors (Lipinski definition) is 4. The fraction of sp³-hybridized carbons (Fsp3) is 0.857. The second-order valence-corrected chi connectivity index (χ2v) is 6.26. The molecule has 0 aromatic heterocycles. The number of esters is 1. The van der Waals surface area contributed by atoms with E-state index in [9.17, 15) is 24.9 Å². The average Bonchev–Trinajstić information content (AvgIpc) is 3.39. The molecule has 2 saturated carbocycles. The molecule has 1 amide bonds. The van der Waals surface area contributed by atoms with E-state index in [4.69, 9.17) is 9.47 Å². The Morgan fingerprint density at radius 1 is 1.14 bits per heavy atom. The highest BCUT2D eigenvalue weighted by Gasteiger charge is 2.48. The molecule has 5 atom stereocenters. The van der Waals surface area contributed by atoms with Crippen LogP contribution in [0.5, 0.6) is 0 Å². The number of ether oxygens (including phenoxy) is 2. The highest BCUT2D eigenvalue weighted by atomic mass is 16.6. The van der Waals surface area contributed by atoms with Crippen molar-refractivity contribution in [2.24, 2.45) is 11.8 Å². The molecule has 0 spiro atoms. The first-order chi connectivity index (χ1) is 10.5. The SMILES string of the molecule is O=C(N[C@@H]1O[C@@H]([C@@H](O)COC(=O)C2CC2)C(O)[C@@H]1O)C1CC1. The van der Waals surface area contributed by atoms with Gasteiger partial charge in [-0.15, -0.1) is 0 Å². The van der Waals surface area contributed by atoms with Crippen molar-refractivity contribution in [1.29, 1.82) is 0 Å². The Labute approximate surface area is 127 Å². The van der Waals surface area contributed by atoms with Crippen LogP contribution in [0.15, 0.2) is 0 Å². The summed E-state index contributed by atoms with van der Waals surface area (Å²) in [4.78, 5) is 23.1. The maximum absolute atomic E-state index is 11.7. The summed E-state index contributed by atoms with van der Waals surface area (Å²) in [5.74, 6) is -0.744. The van der Waals surface area contributed by atoms with E-state index in [1.54, 1.807) is 0 Å². The molecule has 0 radical (unpaired) electrons. The number of aliphatic hydroxyl groups excluding tert-OH is 3.